The number of halogens is 4. The molecule has 0 saturated carbocycles. The van der Waals surface area contributed by atoms with Gasteiger partial charge in [0.2, 0.25) is 11.1 Å². The molecule has 2 aromatic carbocycles. The van der Waals surface area contributed by atoms with Crippen molar-refractivity contribution in [1.29, 1.82) is 0 Å². The van der Waals surface area contributed by atoms with E-state index < -0.39 is 17.5 Å². The van der Waals surface area contributed by atoms with Gasteiger partial charge in [0.15, 0.2) is 0 Å². The standard InChI is InChI=1S/C17H13Cl2F2N7OS/c18-10-2-1-9(12(19)5-10)7-23-25-16-26-27-17(28(16)22)30-8-15(29)24-14-4-3-11(20)6-13(14)21/h1-7H,8,22H2,(H,24,29)(H,25,26)/b23-7+. The van der Waals surface area contributed by atoms with E-state index in [2.05, 4.69) is 26.0 Å². The molecular weight excluding hydrogens is 459 g/mol. The number of anilines is 2. The largest absolute Gasteiger partial charge is 0.334 e. The van der Waals surface area contributed by atoms with Crippen LogP contribution in [-0.2, 0) is 4.79 Å². The average molecular weight is 472 g/mol. The predicted octanol–water partition coefficient (Wildman–Crippen LogP) is 3.75. The van der Waals surface area contributed by atoms with Crippen LogP contribution < -0.4 is 16.6 Å². The fraction of sp³-hybridized carbons (Fsp3) is 0.0588. The Hall–Kier alpha value is -2.89. The monoisotopic (exact) mass is 471 g/mol. The van der Waals surface area contributed by atoms with Crippen LogP contribution in [0.5, 0.6) is 0 Å². The Bertz CT molecular complexity index is 1110. The highest BCUT2D eigenvalue weighted by molar-refractivity contribution is 7.99. The second-order valence-corrected chi connectivity index (χ2v) is 7.46. The zero-order valence-corrected chi connectivity index (χ0v) is 17.3. The third-order valence-electron chi connectivity index (χ3n) is 3.53. The highest BCUT2D eigenvalue weighted by Crippen LogP contribution is 2.20. The van der Waals surface area contributed by atoms with E-state index >= 15 is 0 Å². The van der Waals surface area contributed by atoms with Crippen LogP contribution in [0.4, 0.5) is 20.4 Å². The second kappa shape index (κ2) is 9.74. The van der Waals surface area contributed by atoms with Crippen LogP contribution in [-0.4, -0.2) is 32.7 Å². The minimum atomic E-state index is -0.875. The summed E-state index contributed by atoms with van der Waals surface area (Å²) in [6.45, 7) is 0. The maximum Gasteiger partial charge on any atom is 0.264 e. The summed E-state index contributed by atoms with van der Waals surface area (Å²) in [4.78, 5) is 12.0. The van der Waals surface area contributed by atoms with Crippen molar-refractivity contribution in [2.75, 3.05) is 22.3 Å². The molecule has 1 aromatic heterocycles. The second-order valence-electron chi connectivity index (χ2n) is 5.67. The van der Waals surface area contributed by atoms with E-state index in [1.54, 1.807) is 18.2 Å². The molecule has 3 rings (SSSR count). The zero-order valence-electron chi connectivity index (χ0n) is 14.9. The summed E-state index contributed by atoms with van der Waals surface area (Å²) in [7, 11) is 0. The highest BCUT2D eigenvalue weighted by Gasteiger charge is 2.13. The molecule has 0 aliphatic carbocycles. The summed E-state index contributed by atoms with van der Waals surface area (Å²) in [6, 6.07) is 7.77. The number of benzene rings is 2. The molecule has 30 heavy (non-hydrogen) atoms. The molecule has 0 aliphatic heterocycles. The van der Waals surface area contributed by atoms with Gasteiger partial charge in [-0.3, -0.25) is 4.79 Å². The van der Waals surface area contributed by atoms with E-state index in [1.807, 2.05) is 0 Å². The van der Waals surface area contributed by atoms with Gasteiger partial charge in [-0.15, -0.1) is 10.2 Å². The summed E-state index contributed by atoms with van der Waals surface area (Å²) >= 11 is 12.8. The summed E-state index contributed by atoms with van der Waals surface area (Å²) in [5, 5.41) is 15.1. The van der Waals surface area contributed by atoms with E-state index in [4.69, 9.17) is 29.0 Å². The fourth-order valence-corrected chi connectivity index (χ4v) is 3.24. The van der Waals surface area contributed by atoms with Gasteiger partial charge in [0.05, 0.1) is 22.7 Å². The molecule has 0 fully saturated rings. The van der Waals surface area contributed by atoms with Gasteiger partial charge >= 0.3 is 0 Å². The van der Waals surface area contributed by atoms with Gasteiger partial charge in [-0.25, -0.2) is 18.9 Å². The molecule has 0 aliphatic rings. The smallest absolute Gasteiger partial charge is 0.264 e. The van der Waals surface area contributed by atoms with Crippen LogP contribution in [0.3, 0.4) is 0 Å². The van der Waals surface area contributed by atoms with E-state index in [0.29, 0.717) is 21.7 Å². The molecule has 13 heteroatoms. The maximum atomic E-state index is 13.6. The van der Waals surface area contributed by atoms with Crippen LogP contribution in [0.25, 0.3) is 0 Å². The van der Waals surface area contributed by atoms with E-state index in [9.17, 15) is 13.6 Å². The number of hydrogen-bond acceptors (Lipinski definition) is 7. The van der Waals surface area contributed by atoms with Gasteiger partial charge in [0.1, 0.15) is 11.6 Å². The van der Waals surface area contributed by atoms with Crippen molar-refractivity contribution in [3.63, 3.8) is 0 Å². The van der Waals surface area contributed by atoms with Crippen molar-refractivity contribution < 1.29 is 13.6 Å². The number of nitrogens with two attached hydrogens (primary N) is 1. The lowest BCUT2D eigenvalue weighted by Crippen LogP contribution is -2.17. The molecule has 0 saturated heterocycles. The summed E-state index contributed by atoms with van der Waals surface area (Å²) < 4.78 is 27.6. The zero-order chi connectivity index (χ0) is 21.7. The lowest BCUT2D eigenvalue weighted by atomic mass is 10.2. The van der Waals surface area contributed by atoms with Crippen LogP contribution >= 0.6 is 35.0 Å². The molecule has 1 heterocycles. The molecule has 1 amide bonds. The minimum Gasteiger partial charge on any atom is -0.334 e. The first-order valence-corrected chi connectivity index (χ1v) is 9.90. The van der Waals surface area contributed by atoms with Gasteiger partial charge in [0.25, 0.3) is 5.95 Å². The Labute approximate surface area is 183 Å². The first kappa shape index (κ1) is 21.8. The summed E-state index contributed by atoms with van der Waals surface area (Å²) in [6.07, 6.45) is 1.45. The maximum absolute atomic E-state index is 13.6. The van der Waals surface area contributed by atoms with Crippen molar-refractivity contribution in [2.45, 2.75) is 5.16 Å². The number of thioether (sulfide) groups is 1. The number of amides is 1. The van der Waals surface area contributed by atoms with E-state index in [0.717, 1.165) is 28.6 Å². The van der Waals surface area contributed by atoms with Crippen LogP contribution in [0, 0.1) is 11.6 Å². The van der Waals surface area contributed by atoms with Crippen molar-refractivity contribution in [2.24, 2.45) is 5.10 Å². The lowest BCUT2D eigenvalue weighted by molar-refractivity contribution is -0.113. The highest BCUT2D eigenvalue weighted by atomic mass is 35.5. The van der Waals surface area contributed by atoms with Crippen molar-refractivity contribution in [3.8, 4) is 0 Å². The van der Waals surface area contributed by atoms with Crippen LogP contribution in [0.15, 0.2) is 46.7 Å². The first-order valence-electron chi connectivity index (χ1n) is 8.16. The Balaban J connectivity index is 1.55. The Morgan fingerprint density at radius 2 is 2.03 bits per heavy atom. The van der Waals surface area contributed by atoms with Gasteiger partial charge in [-0.1, -0.05) is 41.0 Å². The summed E-state index contributed by atoms with van der Waals surface area (Å²) in [5.41, 5.74) is 3.10. The summed E-state index contributed by atoms with van der Waals surface area (Å²) in [5.74, 6) is 3.71. The van der Waals surface area contributed by atoms with Crippen molar-refractivity contribution in [3.05, 3.63) is 63.6 Å². The number of nitrogens with zero attached hydrogens (tertiary/aromatic N) is 4. The Morgan fingerprint density at radius 3 is 2.77 bits per heavy atom. The average Bonchev–Trinajstić information content (AvgIpc) is 3.04. The predicted molar refractivity (Wildman–Crippen MR) is 114 cm³/mol. The van der Waals surface area contributed by atoms with Gasteiger partial charge in [-0.05, 0) is 24.3 Å². The SMILES string of the molecule is Nn1c(N/N=C/c2ccc(Cl)cc2Cl)nnc1SCC(=O)Nc1ccc(F)cc1F. The molecule has 4 N–H and O–H groups in total. The van der Waals surface area contributed by atoms with Crippen molar-refractivity contribution >= 4 is 58.7 Å². The lowest BCUT2D eigenvalue weighted by Gasteiger charge is -2.06. The third-order valence-corrected chi connectivity index (χ3v) is 5.04. The quantitative estimate of drug-likeness (QED) is 0.209. The minimum absolute atomic E-state index is 0.115. The number of carbonyl (C=O) groups is 1. The number of hydrazone groups is 1. The van der Waals surface area contributed by atoms with Gasteiger partial charge < -0.3 is 11.2 Å². The Morgan fingerprint density at radius 1 is 1.23 bits per heavy atom. The first-order chi connectivity index (χ1) is 14.3. The number of carbonyl (C=O) groups excluding carboxylic acids is 1. The molecule has 0 radical (unpaired) electrons. The number of nitrogen functional groups attached to an aromatic ring is 1. The molecule has 156 valence electrons. The van der Waals surface area contributed by atoms with E-state index in [-0.39, 0.29) is 22.5 Å². The molecule has 0 unspecified atom stereocenters. The molecule has 0 bridgehead atoms. The molecule has 8 nitrogen and oxygen atoms in total. The van der Waals surface area contributed by atoms with Crippen LogP contribution in [0.1, 0.15) is 5.56 Å². The van der Waals surface area contributed by atoms with E-state index in [1.165, 1.54) is 6.21 Å². The fourth-order valence-electron chi connectivity index (χ4n) is 2.12. The molecule has 0 atom stereocenters. The van der Waals surface area contributed by atoms with Gasteiger partial charge in [0, 0.05) is 16.7 Å². The normalized spacial score (nSPS) is 11.1. The number of nitrogens with one attached hydrogen (secondary N) is 2. The molecular formula is C17H13Cl2F2N7OS. The Kier molecular flexibility index (Phi) is 7.08. The van der Waals surface area contributed by atoms with Crippen molar-refractivity contribution in [1.82, 2.24) is 14.9 Å². The third kappa shape index (κ3) is 5.59. The van der Waals surface area contributed by atoms with Crippen LogP contribution in [0.2, 0.25) is 10.0 Å². The number of aromatic nitrogens is 3. The number of hydrogen-bond donors (Lipinski definition) is 3. The topological polar surface area (TPSA) is 110 Å². The molecule has 0 spiro atoms. The molecule has 3 aromatic rings. The van der Waals surface area contributed by atoms with Gasteiger partial charge in [-0.2, -0.15) is 5.10 Å². The number of rotatable bonds is 7.